The van der Waals surface area contributed by atoms with Gasteiger partial charge in [-0.2, -0.15) is 0 Å². The summed E-state index contributed by atoms with van der Waals surface area (Å²) >= 11 is 0. The van der Waals surface area contributed by atoms with E-state index >= 15 is 0 Å². The van der Waals surface area contributed by atoms with Crippen LogP contribution in [-0.2, 0) is 5.41 Å². The fourth-order valence-corrected chi connectivity index (χ4v) is 1.98. The Morgan fingerprint density at radius 3 is 2.35 bits per heavy atom. The van der Waals surface area contributed by atoms with Crippen LogP contribution in [0.4, 0.5) is 0 Å². The minimum Gasteiger partial charge on any atom is -0.494 e. The van der Waals surface area contributed by atoms with Crippen molar-refractivity contribution in [1.82, 2.24) is 5.32 Å². The van der Waals surface area contributed by atoms with Gasteiger partial charge >= 0.3 is 0 Å². The second kappa shape index (κ2) is 8.31. The Kier molecular flexibility index (Phi) is 7.08. The highest BCUT2D eigenvalue weighted by Gasteiger charge is 2.17. The molecule has 2 heteroatoms. The van der Waals surface area contributed by atoms with Crippen LogP contribution in [0.25, 0.3) is 0 Å². The van der Waals surface area contributed by atoms with Gasteiger partial charge in [-0.15, -0.1) is 0 Å². The molecule has 0 heterocycles. The third-order valence-corrected chi connectivity index (χ3v) is 3.84. The van der Waals surface area contributed by atoms with Crippen LogP contribution in [0, 0.1) is 5.92 Å². The van der Waals surface area contributed by atoms with Gasteiger partial charge in [-0.1, -0.05) is 46.8 Å². The van der Waals surface area contributed by atoms with Crippen LogP contribution in [0.5, 0.6) is 5.75 Å². The maximum Gasteiger partial charge on any atom is 0.119 e. The van der Waals surface area contributed by atoms with Crippen LogP contribution >= 0.6 is 0 Å². The van der Waals surface area contributed by atoms with E-state index in [1.807, 2.05) is 0 Å². The summed E-state index contributed by atoms with van der Waals surface area (Å²) in [5, 5.41) is 3.43. The van der Waals surface area contributed by atoms with Crippen molar-refractivity contribution in [1.29, 1.82) is 0 Å². The van der Waals surface area contributed by atoms with Crippen molar-refractivity contribution in [3.05, 3.63) is 29.8 Å². The topological polar surface area (TPSA) is 21.3 Å². The zero-order chi connectivity index (χ0) is 15.0. The molecule has 0 saturated carbocycles. The Morgan fingerprint density at radius 1 is 1.15 bits per heavy atom. The van der Waals surface area contributed by atoms with Crippen LogP contribution in [0.15, 0.2) is 24.3 Å². The molecule has 114 valence electrons. The molecule has 0 saturated heterocycles. The van der Waals surface area contributed by atoms with Gasteiger partial charge in [-0.25, -0.2) is 0 Å². The molecular weight excluding hydrogens is 246 g/mol. The van der Waals surface area contributed by atoms with E-state index < -0.39 is 0 Å². The van der Waals surface area contributed by atoms with Gasteiger partial charge in [0.25, 0.3) is 0 Å². The number of hydrogen-bond donors (Lipinski definition) is 1. The molecule has 0 amide bonds. The van der Waals surface area contributed by atoms with E-state index in [1.54, 1.807) is 0 Å². The smallest absolute Gasteiger partial charge is 0.119 e. The summed E-state index contributed by atoms with van der Waals surface area (Å²) in [6.07, 6.45) is 2.20. The molecule has 0 aromatic heterocycles. The first-order valence-corrected chi connectivity index (χ1v) is 7.89. The van der Waals surface area contributed by atoms with Crippen molar-refractivity contribution in [2.24, 2.45) is 5.92 Å². The summed E-state index contributed by atoms with van der Waals surface area (Å²) in [6.45, 7) is 14.1. The Morgan fingerprint density at radius 2 is 1.80 bits per heavy atom. The maximum atomic E-state index is 5.77. The highest BCUT2D eigenvalue weighted by atomic mass is 16.5. The van der Waals surface area contributed by atoms with Crippen LogP contribution in [0.3, 0.4) is 0 Å². The van der Waals surface area contributed by atoms with Gasteiger partial charge in [0.1, 0.15) is 5.75 Å². The van der Waals surface area contributed by atoms with Crippen LogP contribution in [-0.4, -0.2) is 19.7 Å². The van der Waals surface area contributed by atoms with E-state index in [0.717, 1.165) is 38.3 Å². The van der Waals surface area contributed by atoms with Crippen LogP contribution in [0.1, 0.15) is 53.0 Å². The van der Waals surface area contributed by atoms with Crippen molar-refractivity contribution in [3.8, 4) is 5.75 Å². The van der Waals surface area contributed by atoms with Gasteiger partial charge < -0.3 is 10.1 Å². The van der Waals surface area contributed by atoms with E-state index in [0.29, 0.717) is 5.92 Å². The maximum absolute atomic E-state index is 5.77. The van der Waals surface area contributed by atoms with E-state index in [-0.39, 0.29) is 5.41 Å². The molecule has 1 N–H and O–H groups in total. The number of benzene rings is 1. The molecule has 0 aliphatic carbocycles. The Labute approximate surface area is 124 Å². The third-order valence-electron chi connectivity index (χ3n) is 3.84. The molecule has 0 unspecified atom stereocenters. The van der Waals surface area contributed by atoms with Gasteiger partial charge in [-0.05, 0) is 55.0 Å². The normalized spacial score (nSPS) is 11.9. The number of hydrogen-bond acceptors (Lipinski definition) is 2. The average molecular weight is 277 g/mol. The fraction of sp³-hybridized carbons (Fsp3) is 0.667. The Hall–Kier alpha value is -1.02. The summed E-state index contributed by atoms with van der Waals surface area (Å²) < 4.78 is 5.77. The van der Waals surface area contributed by atoms with Crippen LogP contribution in [0.2, 0.25) is 0 Å². The number of rotatable bonds is 9. The predicted octanol–water partition coefficient (Wildman–Crippen LogP) is 4.39. The summed E-state index contributed by atoms with van der Waals surface area (Å²) in [6, 6.07) is 8.56. The first kappa shape index (κ1) is 17.0. The second-order valence-electron chi connectivity index (χ2n) is 6.56. The third kappa shape index (κ3) is 5.96. The van der Waals surface area contributed by atoms with Crippen molar-refractivity contribution in [3.63, 3.8) is 0 Å². The molecule has 1 aromatic rings. The SMILES string of the molecule is CCC(C)(C)c1ccc(OCCCNCC(C)C)cc1. The largest absolute Gasteiger partial charge is 0.494 e. The summed E-state index contributed by atoms with van der Waals surface area (Å²) in [7, 11) is 0. The molecule has 0 atom stereocenters. The fourth-order valence-electron chi connectivity index (χ4n) is 1.98. The van der Waals surface area contributed by atoms with Crippen molar-refractivity contribution < 1.29 is 4.74 Å². The minimum atomic E-state index is 0.249. The molecule has 0 aliphatic heterocycles. The van der Waals surface area contributed by atoms with Gasteiger partial charge in [0, 0.05) is 0 Å². The van der Waals surface area contributed by atoms with E-state index in [9.17, 15) is 0 Å². The van der Waals surface area contributed by atoms with E-state index in [2.05, 4.69) is 64.2 Å². The Bertz CT molecular complexity index is 368. The van der Waals surface area contributed by atoms with E-state index in [4.69, 9.17) is 4.74 Å². The first-order valence-electron chi connectivity index (χ1n) is 7.89. The molecule has 1 aromatic carbocycles. The van der Waals surface area contributed by atoms with Crippen molar-refractivity contribution in [2.45, 2.75) is 52.9 Å². The molecule has 0 aliphatic rings. The van der Waals surface area contributed by atoms with E-state index in [1.165, 1.54) is 5.56 Å². The summed E-state index contributed by atoms with van der Waals surface area (Å²) in [5.74, 6) is 1.69. The standard InChI is InChI=1S/C18H31NO/c1-6-18(4,5)16-8-10-17(11-9-16)20-13-7-12-19-14-15(2)3/h8-11,15,19H,6-7,12-14H2,1-5H3. The second-order valence-corrected chi connectivity index (χ2v) is 6.56. The van der Waals surface area contributed by atoms with Gasteiger partial charge in [0.05, 0.1) is 6.61 Å². The lowest BCUT2D eigenvalue weighted by Gasteiger charge is -2.23. The molecule has 0 bridgehead atoms. The van der Waals surface area contributed by atoms with Crippen molar-refractivity contribution >= 4 is 0 Å². The molecule has 1 rings (SSSR count). The lowest BCUT2D eigenvalue weighted by molar-refractivity contribution is 0.306. The lowest BCUT2D eigenvalue weighted by atomic mass is 9.82. The molecular formula is C18H31NO. The zero-order valence-electron chi connectivity index (χ0n) is 13.8. The van der Waals surface area contributed by atoms with Crippen molar-refractivity contribution in [2.75, 3.05) is 19.7 Å². The highest BCUT2D eigenvalue weighted by Crippen LogP contribution is 2.27. The average Bonchev–Trinajstić information content (AvgIpc) is 2.43. The molecule has 0 fully saturated rings. The summed E-state index contributed by atoms with van der Waals surface area (Å²) in [4.78, 5) is 0. The molecule has 0 spiro atoms. The minimum absolute atomic E-state index is 0.249. The molecule has 20 heavy (non-hydrogen) atoms. The zero-order valence-corrected chi connectivity index (χ0v) is 13.8. The van der Waals surface area contributed by atoms with Crippen LogP contribution < -0.4 is 10.1 Å². The van der Waals surface area contributed by atoms with Gasteiger partial charge in [0.15, 0.2) is 0 Å². The Balaban J connectivity index is 2.28. The first-order chi connectivity index (χ1) is 9.45. The molecule has 0 radical (unpaired) electrons. The number of ether oxygens (including phenoxy) is 1. The van der Waals surface area contributed by atoms with Gasteiger partial charge in [-0.3, -0.25) is 0 Å². The lowest BCUT2D eigenvalue weighted by Crippen LogP contribution is -2.22. The summed E-state index contributed by atoms with van der Waals surface area (Å²) in [5.41, 5.74) is 1.63. The predicted molar refractivity (Wildman–Crippen MR) is 87.6 cm³/mol. The number of nitrogens with one attached hydrogen (secondary N) is 1. The monoisotopic (exact) mass is 277 g/mol. The quantitative estimate of drug-likeness (QED) is 0.676. The molecule has 2 nitrogen and oxygen atoms in total. The van der Waals surface area contributed by atoms with Gasteiger partial charge in [0.2, 0.25) is 0 Å². The highest BCUT2D eigenvalue weighted by molar-refractivity contribution is 5.31.